The average molecular weight is 348 g/mol. The van der Waals surface area contributed by atoms with Crippen molar-refractivity contribution in [3.63, 3.8) is 0 Å². The fourth-order valence-electron chi connectivity index (χ4n) is 2.16. The van der Waals surface area contributed by atoms with Gasteiger partial charge in [-0.15, -0.1) is 0 Å². The van der Waals surface area contributed by atoms with Crippen LogP contribution in [0.15, 0.2) is 53.0 Å². The van der Waals surface area contributed by atoms with Crippen LogP contribution in [-0.4, -0.2) is 13.0 Å². The molecule has 2 aromatic carbocycles. The molecule has 0 bridgehead atoms. The molecule has 0 aromatic heterocycles. The van der Waals surface area contributed by atoms with E-state index in [1.165, 1.54) is 0 Å². The molecule has 1 N–H and O–H groups in total. The Morgan fingerprint density at radius 1 is 1.24 bits per heavy atom. The van der Waals surface area contributed by atoms with Crippen LogP contribution in [0.1, 0.15) is 35.3 Å². The van der Waals surface area contributed by atoms with Crippen LogP contribution in [0.2, 0.25) is 0 Å². The molecular formula is C17H18BrNO2. The number of carbonyl (C=O) groups excluding carboxylic acids is 1. The summed E-state index contributed by atoms with van der Waals surface area (Å²) in [4.78, 5) is 12.4. The Bertz CT molecular complexity index is 613. The molecule has 0 radical (unpaired) electrons. The van der Waals surface area contributed by atoms with E-state index in [1.54, 1.807) is 25.3 Å². The Balaban J connectivity index is 2.15. The van der Waals surface area contributed by atoms with Crippen molar-refractivity contribution in [2.24, 2.45) is 0 Å². The number of benzene rings is 2. The van der Waals surface area contributed by atoms with Gasteiger partial charge in [0.2, 0.25) is 0 Å². The minimum Gasteiger partial charge on any atom is -0.496 e. The molecular weight excluding hydrogens is 330 g/mol. The number of hydrogen-bond acceptors (Lipinski definition) is 2. The highest BCUT2D eigenvalue weighted by molar-refractivity contribution is 9.10. The molecule has 0 saturated carbocycles. The fourth-order valence-corrected chi connectivity index (χ4v) is 2.70. The molecule has 0 aliphatic heterocycles. The van der Waals surface area contributed by atoms with E-state index >= 15 is 0 Å². The number of rotatable bonds is 5. The number of halogens is 1. The Hall–Kier alpha value is -1.81. The zero-order valence-electron chi connectivity index (χ0n) is 12.1. The highest BCUT2D eigenvalue weighted by Crippen LogP contribution is 2.26. The first kappa shape index (κ1) is 15.6. The second-order valence-electron chi connectivity index (χ2n) is 4.69. The van der Waals surface area contributed by atoms with Crippen LogP contribution in [-0.2, 0) is 0 Å². The van der Waals surface area contributed by atoms with Crippen LogP contribution >= 0.6 is 15.9 Å². The Kier molecular flexibility index (Phi) is 5.39. The van der Waals surface area contributed by atoms with E-state index in [0.29, 0.717) is 11.3 Å². The minimum absolute atomic E-state index is 0.0135. The lowest BCUT2D eigenvalue weighted by Crippen LogP contribution is -2.28. The zero-order chi connectivity index (χ0) is 15.2. The Morgan fingerprint density at radius 3 is 2.52 bits per heavy atom. The third-order valence-electron chi connectivity index (χ3n) is 3.33. The lowest BCUT2D eigenvalue weighted by atomic mass is 10.0. The highest BCUT2D eigenvalue weighted by atomic mass is 79.9. The zero-order valence-corrected chi connectivity index (χ0v) is 13.7. The molecule has 0 aliphatic rings. The van der Waals surface area contributed by atoms with Crippen molar-refractivity contribution < 1.29 is 9.53 Å². The van der Waals surface area contributed by atoms with Crippen LogP contribution in [0.5, 0.6) is 5.75 Å². The maximum absolute atomic E-state index is 12.4. The molecule has 1 unspecified atom stereocenters. The van der Waals surface area contributed by atoms with Crippen molar-refractivity contribution in [1.82, 2.24) is 5.32 Å². The van der Waals surface area contributed by atoms with Crippen molar-refractivity contribution in [1.29, 1.82) is 0 Å². The number of hydrogen-bond donors (Lipinski definition) is 1. The molecule has 0 fully saturated rings. The minimum atomic E-state index is -0.0888. The van der Waals surface area contributed by atoms with E-state index in [4.69, 9.17) is 4.74 Å². The molecule has 2 rings (SSSR count). The molecule has 4 heteroatoms. The smallest absolute Gasteiger partial charge is 0.251 e. The van der Waals surface area contributed by atoms with Gasteiger partial charge in [0.15, 0.2) is 0 Å². The normalized spacial score (nSPS) is 11.8. The van der Waals surface area contributed by atoms with Gasteiger partial charge >= 0.3 is 0 Å². The predicted octanol–water partition coefficient (Wildman–Crippen LogP) is 4.34. The second-order valence-corrected chi connectivity index (χ2v) is 5.55. The van der Waals surface area contributed by atoms with Crippen molar-refractivity contribution in [2.45, 2.75) is 19.4 Å². The topological polar surface area (TPSA) is 38.3 Å². The average Bonchev–Trinajstić information content (AvgIpc) is 2.53. The lowest BCUT2D eigenvalue weighted by Gasteiger charge is -2.17. The van der Waals surface area contributed by atoms with Gasteiger partial charge in [0.25, 0.3) is 5.91 Å². The fraction of sp³-hybridized carbons (Fsp3) is 0.235. The largest absolute Gasteiger partial charge is 0.496 e. The van der Waals surface area contributed by atoms with Gasteiger partial charge in [0.05, 0.1) is 17.6 Å². The van der Waals surface area contributed by atoms with Gasteiger partial charge in [0.1, 0.15) is 5.75 Å². The summed E-state index contributed by atoms with van der Waals surface area (Å²) in [5.41, 5.74) is 1.72. The molecule has 3 nitrogen and oxygen atoms in total. The highest BCUT2D eigenvalue weighted by Gasteiger charge is 2.14. The lowest BCUT2D eigenvalue weighted by molar-refractivity contribution is 0.0935. The van der Waals surface area contributed by atoms with E-state index in [0.717, 1.165) is 16.5 Å². The van der Waals surface area contributed by atoms with Gasteiger partial charge in [-0.05, 0) is 46.1 Å². The number of amides is 1. The van der Waals surface area contributed by atoms with Crippen molar-refractivity contribution in [2.75, 3.05) is 7.11 Å². The van der Waals surface area contributed by atoms with Gasteiger partial charge in [-0.25, -0.2) is 0 Å². The van der Waals surface area contributed by atoms with E-state index < -0.39 is 0 Å². The predicted molar refractivity (Wildman–Crippen MR) is 87.6 cm³/mol. The summed E-state index contributed by atoms with van der Waals surface area (Å²) in [6, 6.07) is 15.3. The molecule has 21 heavy (non-hydrogen) atoms. The molecule has 1 atom stereocenters. The van der Waals surface area contributed by atoms with Crippen molar-refractivity contribution in [3.05, 3.63) is 64.1 Å². The summed E-state index contributed by atoms with van der Waals surface area (Å²) in [6.07, 6.45) is 0.840. The molecule has 1 amide bonds. The Morgan fingerprint density at radius 2 is 1.95 bits per heavy atom. The Labute approximate surface area is 133 Å². The first-order valence-electron chi connectivity index (χ1n) is 6.85. The summed E-state index contributed by atoms with van der Waals surface area (Å²) in [5, 5.41) is 3.06. The van der Waals surface area contributed by atoms with Gasteiger partial charge in [-0.3, -0.25) is 4.79 Å². The summed E-state index contributed by atoms with van der Waals surface area (Å²) < 4.78 is 5.94. The summed E-state index contributed by atoms with van der Waals surface area (Å²) >= 11 is 3.40. The summed E-state index contributed by atoms with van der Waals surface area (Å²) in [7, 11) is 1.60. The van der Waals surface area contributed by atoms with E-state index in [-0.39, 0.29) is 11.9 Å². The summed E-state index contributed by atoms with van der Waals surface area (Å²) in [6.45, 7) is 2.06. The second kappa shape index (κ2) is 7.27. The van der Waals surface area contributed by atoms with Crippen LogP contribution in [0, 0.1) is 0 Å². The standard InChI is InChI=1S/C17H18BrNO2/c1-3-15(12-7-5-4-6-8-12)19-17(20)13-9-10-16(21-2)14(18)11-13/h4-11,15H,3H2,1-2H3,(H,19,20). The van der Waals surface area contributed by atoms with Gasteiger partial charge in [-0.2, -0.15) is 0 Å². The van der Waals surface area contributed by atoms with Gasteiger partial charge in [-0.1, -0.05) is 37.3 Å². The third-order valence-corrected chi connectivity index (χ3v) is 3.95. The molecule has 0 saturated heterocycles. The van der Waals surface area contributed by atoms with E-state index in [1.807, 2.05) is 30.3 Å². The number of ether oxygens (including phenoxy) is 1. The quantitative estimate of drug-likeness (QED) is 0.873. The van der Waals surface area contributed by atoms with Gasteiger partial charge in [0, 0.05) is 5.56 Å². The molecule has 0 heterocycles. The third kappa shape index (κ3) is 3.85. The maximum atomic E-state index is 12.4. The van der Waals surface area contributed by atoms with E-state index in [2.05, 4.69) is 28.2 Å². The van der Waals surface area contributed by atoms with Gasteiger partial charge < -0.3 is 10.1 Å². The number of carbonyl (C=O) groups is 1. The SMILES string of the molecule is CCC(NC(=O)c1ccc(OC)c(Br)c1)c1ccccc1. The van der Waals surface area contributed by atoms with Crippen LogP contribution < -0.4 is 10.1 Å². The molecule has 110 valence electrons. The molecule has 0 aliphatic carbocycles. The number of nitrogens with one attached hydrogen (secondary N) is 1. The molecule has 0 spiro atoms. The van der Waals surface area contributed by atoms with E-state index in [9.17, 15) is 4.79 Å². The van der Waals surface area contributed by atoms with Crippen molar-refractivity contribution >= 4 is 21.8 Å². The van der Waals surface area contributed by atoms with Crippen LogP contribution in [0.3, 0.4) is 0 Å². The van der Waals surface area contributed by atoms with Crippen LogP contribution in [0.25, 0.3) is 0 Å². The van der Waals surface area contributed by atoms with Crippen LogP contribution in [0.4, 0.5) is 0 Å². The molecule has 2 aromatic rings. The maximum Gasteiger partial charge on any atom is 0.251 e. The number of methoxy groups -OCH3 is 1. The first-order valence-corrected chi connectivity index (χ1v) is 7.64. The van der Waals surface area contributed by atoms with Crippen molar-refractivity contribution in [3.8, 4) is 5.75 Å². The summed E-state index contributed by atoms with van der Waals surface area (Å²) in [5.74, 6) is 0.621. The first-order chi connectivity index (χ1) is 10.2. The monoisotopic (exact) mass is 347 g/mol.